The smallest absolute Gasteiger partial charge is 0.127 e. The van der Waals surface area contributed by atoms with E-state index in [-0.39, 0.29) is 0 Å². The van der Waals surface area contributed by atoms with Gasteiger partial charge < -0.3 is 19.9 Å². The van der Waals surface area contributed by atoms with Crippen LogP contribution >= 0.6 is 0 Å². The van der Waals surface area contributed by atoms with Crippen molar-refractivity contribution in [3.05, 3.63) is 47.8 Å². The van der Waals surface area contributed by atoms with E-state index in [1.54, 1.807) is 26.5 Å². The number of ether oxygens (including phenoxy) is 3. The first-order chi connectivity index (χ1) is 9.75. The first-order valence-corrected chi connectivity index (χ1v) is 6.25. The van der Waals surface area contributed by atoms with E-state index in [1.807, 2.05) is 24.3 Å². The molecule has 2 rings (SSSR count). The molecule has 0 fully saturated rings. The molecule has 0 saturated heterocycles. The van der Waals surface area contributed by atoms with Crippen LogP contribution in [0.2, 0.25) is 0 Å². The average Bonchev–Trinajstić information content (AvgIpc) is 2.52. The van der Waals surface area contributed by atoms with E-state index < -0.39 is 0 Å². The van der Waals surface area contributed by atoms with Crippen LogP contribution in [0.15, 0.2) is 36.5 Å². The van der Waals surface area contributed by atoms with Crippen molar-refractivity contribution in [1.29, 1.82) is 0 Å². The topological polar surface area (TPSA) is 66.6 Å². The molecule has 0 bridgehead atoms. The molecule has 5 heteroatoms. The van der Waals surface area contributed by atoms with E-state index in [1.165, 1.54) is 0 Å². The van der Waals surface area contributed by atoms with Gasteiger partial charge >= 0.3 is 0 Å². The molecule has 1 aromatic carbocycles. The minimum atomic E-state index is 0.417. The van der Waals surface area contributed by atoms with Gasteiger partial charge in [0, 0.05) is 30.9 Å². The molecule has 0 unspecified atom stereocenters. The molecule has 1 heterocycles. The number of hydrogen-bond donors (Lipinski definition) is 1. The Morgan fingerprint density at radius 2 is 1.65 bits per heavy atom. The zero-order chi connectivity index (χ0) is 14.4. The lowest BCUT2D eigenvalue weighted by atomic mass is 10.2. The van der Waals surface area contributed by atoms with Crippen LogP contribution in [-0.4, -0.2) is 19.2 Å². The molecule has 1 aromatic heterocycles. The van der Waals surface area contributed by atoms with E-state index in [0.29, 0.717) is 30.4 Å². The number of nitrogens with zero attached hydrogens (tertiary/aromatic N) is 1. The molecular weight excluding hydrogens is 256 g/mol. The summed E-state index contributed by atoms with van der Waals surface area (Å²) >= 11 is 0. The molecule has 2 aromatic rings. The van der Waals surface area contributed by atoms with Gasteiger partial charge in [-0.1, -0.05) is 0 Å². The molecule has 0 amide bonds. The third-order valence-corrected chi connectivity index (χ3v) is 2.82. The Balaban J connectivity index is 2.09. The Hall–Kier alpha value is -2.27. The Bertz CT molecular complexity index is 551. The highest BCUT2D eigenvalue weighted by Crippen LogP contribution is 2.27. The number of benzene rings is 1. The number of pyridine rings is 1. The van der Waals surface area contributed by atoms with Crippen molar-refractivity contribution < 1.29 is 14.2 Å². The molecule has 0 aliphatic rings. The fraction of sp³-hybridized carbons (Fsp3) is 0.267. The standard InChI is InChI=1S/C15H18N2O3/c1-18-13-6-14(19-2)8-15(7-13)20-10-11-3-4-17-12(5-11)9-16/h3-8H,9-10,16H2,1-2H3. The Labute approximate surface area is 118 Å². The lowest BCUT2D eigenvalue weighted by Gasteiger charge is -2.10. The van der Waals surface area contributed by atoms with E-state index >= 15 is 0 Å². The highest BCUT2D eigenvalue weighted by molar-refractivity contribution is 5.42. The number of nitrogens with two attached hydrogens (primary N) is 1. The maximum Gasteiger partial charge on any atom is 0.127 e. The van der Waals surface area contributed by atoms with Gasteiger partial charge in [-0.3, -0.25) is 4.98 Å². The van der Waals surface area contributed by atoms with Crippen LogP contribution in [0.5, 0.6) is 17.2 Å². The van der Waals surface area contributed by atoms with Crippen LogP contribution in [0.25, 0.3) is 0 Å². The van der Waals surface area contributed by atoms with Gasteiger partial charge in [-0.05, 0) is 17.7 Å². The van der Waals surface area contributed by atoms with Crippen molar-refractivity contribution in [2.24, 2.45) is 5.73 Å². The molecule has 0 aliphatic heterocycles. The first kappa shape index (κ1) is 14.1. The Kier molecular flexibility index (Phi) is 4.79. The number of hydrogen-bond acceptors (Lipinski definition) is 5. The van der Waals surface area contributed by atoms with Crippen molar-refractivity contribution in [1.82, 2.24) is 4.98 Å². The minimum Gasteiger partial charge on any atom is -0.496 e. The largest absolute Gasteiger partial charge is 0.496 e. The Morgan fingerprint density at radius 3 is 2.25 bits per heavy atom. The van der Waals surface area contributed by atoms with E-state index in [4.69, 9.17) is 19.9 Å². The number of methoxy groups -OCH3 is 2. The maximum absolute atomic E-state index is 5.75. The van der Waals surface area contributed by atoms with Crippen molar-refractivity contribution in [2.45, 2.75) is 13.2 Å². The lowest BCUT2D eigenvalue weighted by molar-refractivity contribution is 0.300. The summed E-state index contributed by atoms with van der Waals surface area (Å²) in [6.45, 7) is 0.854. The summed E-state index contributed by atoms with van der Waals surface area (Å²) in [4.78, 5) is 4.15. The highest BCUT2D eigenvalue weighted by atomic mass is 16.5. The van der Waals surface area contributed by atoms with Crippen LogP contribution in [0, 0.1) is 0 Å². The van der Waals surface area contributed by atoms with Crippen molar-refractivity contribution in [3.63, 3.8) is 0 Å². The summed E-state index contributed by atoms with van der Waals surface area (Å²) in [7, 11) is 3.21. The molecule has 0 atom stereocenters. The molecule has 0 radical (unpaired) electrons. The summed E-state index contributed by atoms with van der Waals surface area (Å²) in [6, 6.07) is 9.25. The van der Waals surface area contributed by atoms with Gasteiger partial charge in [-0.2, -0.15) is 0 Å². The van der Waals surface area contributed by atoms with Crippen LogP contribution in [0.3, 0.4) is 0 Å². The SMILES string of the molecule is COc1cc(OC)cc(OCc2ccnc(CN)c2)c1. The van der Waals surface area contributed by atoms with Crippen molar-refractivity contribution in [3.8, 4) is 17.2 Å². The van der Waals surface area contributed by atoms with Crippen LogP contribution in [0.4, 0.5) is 0 Å². The second kappa shape index (κ2) is 6.77. The Morgan fingerprint density at radius 1 is 1.00 bits per heavy atom. The fourth-order valence-corrected chi connectivity index (χ4v) is 1.76. The molecule has 0 spiro atoms. The molecule has 5 nitrogen and oxygen atoms in total. The molecule has 0 aliphatic carbocycles. The monoisotopic (exact) mass is 274 g/mol. The fourth-order valence-electron chi connectivity index (χ4n) is 1.76. The molecule has 0 saturated carbocycles. The summed E-state index contributed by atoms with van der Waals surface area (Å²) < 4.78 is 16.1. The minimum absolute atomic E-state index is 0.417. The predicted molar refractivity (Wildman–Crippen MR) is 76.0 cm³/mol. The molecule has 2 N–H and O–H groups in total. The van der Waals surface area contributed by atoms with Gasteiger partial charge in [0.1, 0.15) is 23.9 Å². The van der Waals surface area contributed by atoms with Gasteiger partial charge in [-0.25, -0.2) is 0 Å². The van der Waals surface area contributed by atoms with Crippen LogP contribution in [-0.2, 0) is 13.2 Å². The molecule has 106 valence electrons. The van der Waals surface area contributed by atoms with Crippen molar-refractivity contribution >= 4 is 0 Å². The summed E-state index contributed by atoms with van der Waals surface area (Å²) in [6.07, 6.45) is 1.73. The summed E-state index contributed by atoms with van der Waals surface area (Å²) in [5, 5.41) is 0. The normalized spacial score (nSPS) is 10.2. The molecular formula is C15H18N2O3. The third kappa shape index (κ3) is 3.61. The van der Waals surface area contributed by atoms with Gasteiger partial charge in [0.2, 0.25) is 0 Å². The van der Waals surface area contributed by atoms with Crippen LogP contribution < -0.4 is 19.9 Å². The van der Waals surface area contributed by atoms with E-state index in [9.17, 15) is 0 Å². The number of rotatable bonds is 6. The third-order valence-electron chi connectivity index (χ3n) is 2.82. The van der Waals surface area contributed by atoms with Gasteiger partial charge in [-0.15, -0.1) is 0 Å². The second-order valence-corrected chi connectivity index (χ2v) is 4.20. The van der Waals surface area contributed by atoms with Gasteiger partial charge in [0.15, 0.2) is 0 Å². The van der Waals surface area contributed by atoms with E-state index in [0.717, 1.165) is 11.3 Å². The maximum atomic E-state index is 5.75. The first-order valence-electron chi connectivity index (χ1n) is 6.25. The zero-order valence-electron chi connectivity index (χ0n) is 11.6. The summed E-state index contributed by atoms with van der Waals surface area (Å²) in [5.41, 5.74) is 7.42. The highest BCUT2D eigenvalue weighted by Gasteiger charge is 2.04. The second-order valence-electron chi connectivity index (χ2n) is 4.20. The average molecular weight is 274 g/mol. The van der Waals surface area contributed by atoms with E-state index in [2.05, 4.69) is 4.98 Å². The van der Waals surface area contributed by atoms with Crippen LogP contribution in [0.1, 0.15) is 11.3 Å². The van der Waals surface area contributed by atoms with Gasteiger partial charge in [0.05, 0.1) is 19.9 Å². The number of aromatic nitrogens is 1. The summed E-state index contributed by atoms with van der Waals surface area (Å²) in [5.74, 6) is 2.07. The quantitative estimate of drug-likeness (QED) is 0.874. The zero-order valence-corrected chi connectivity index (χ0v) is 11.6. The van der Waals surface area contributed by atoms with Crippen molar-refractivity contribution in [2.75, 3.05) is 14.2 Å². The lowest BCUT2D eigenvalue weighted by Crippen LogP contribution is -2.02. The predicted octanol–water partition coefficient (Wildman–Crippen LogP) is 2.14. The molecule has 20 heavy (non-hydrogen) atoms. The van der Waals surface area contributed by atoms with Gasteiger partial charge in [0.25, 0.3) is 0 Å².